The summed E-state index contributed by atoms with van der Waals surface area (Å²) in [5, 5.41) is 10.5. The maximum atomic E-state index is 11.6. The van der Waals surface area contributed by atoms with E-state index in [9.17, 15) is 4.79 Å². The van der Waals surface area contributed by atoms with Crippen LogP contribution in [0.5, 0.6) is 5.75 Å². The molecule has 5 rings (SSSR count). The minimum absolute atomic E-state index is 0.245. The molecule has 0 saturated carbocycles. The lowest BCUT2D eigenvalue weighted by Gasteiger charge is -2.44. The van der Waals surface area contributed by atoms with E-state index in [1.54, 1.807) is 16.6 Å². The summed E-state index contributed by atoms with van der Waals surface area (Å²) >= 11 is 6.68. The molecule has 3 heterocycles. The summed E-state index contributed by atoms with van der Waals surface area (Å²) < 4.78 is 6.45. The van der Waals surface area contributed by atoms with Crippen LogP contribution in [0.3, 0.4) is 0 Å². The number of piperidine rings is 1. The lowest BCUT2D eigenvalue weighted by Crippen LogP contribution is -2.52. The summed E-state index contributed by atoms with van der Waals surface area (Å²) in [6.07, 6.45) is 5.09. The second-order valence-corrected chi connectivity index (χ2v) is 8.39. The summed E-state index contributed by atoms with van der Waals surface area (Å²) in [4.78, 5) is 17.7. The molecule has 1 aromatic heterocycles. The quantitative estimate of drug-likeness (QED) is 0.435. The first kappa shape index (κ1) is 19.2. The number of pyridine rings is 1. The predicted octanol–water partition coefficient (Wildman–Crippen LogP) is 4.81. The van der Waals surface area contributed by atoms with Crippen LogP contribution in [0.4, 0.5) is 4.79 Å². The Bertz CT molecular complexity index is 1130. The average molecular weight is 424 g/mol. The van der Waals surface area contributed by atoms with Crippen molar-refractivity contribution in [2.75, 3.05) is 13.1 Å². The molecule has 2 aliphatic heterocycles. The fourth-order valence-electron chi connectivity index (χ4n) is 4.56. The smallest absolute Gasteiger partial charge is 0.341 e. The summed E-state index contributed by atoms with van der Waals surface area (Å²) in [6, 6.07) is 13.8. The monoisotopic (exact) mass is 423 g/mol. The maximum Gasteiger partial charge on any atom is 0.341 e. The van der Waals surface area contributed by atoms with E-state index < -0.39 is 6.03 Å². The number of rotatable bonds is 1. The van der Waals surface area contributed by atoms with Gasteiger partial charge in [0.25, 0.3) is 0 Å². The predicted molar refractivity (Wildman–Crippen MR) is 115 cm³/mol. The zero-order valence-corrected chi connectivity index (χ0v) is 17.2. The molecule has 0 aliphatic carbocycles. The van der Waals surface area contributed by atoms with Gasteiger partial charge in [0.15, 0.2) is 0 Å². The third kappa shape index (κ3) is 3.26. The SMILES string of the molecule is O=C(NO)N1CCC2(CCc3cc(-c4ccc5cccnc5c4Cl)ccc3O2)CC1. The molecule has 0 radical (unpaired) electrons. The first-order valence-corrected chi connectivity index (χ1v) is 10.5. The number of amides is 2. The van der Waals surface area contributed by atoms with E-state index in [0.717, 1.165) is 53.5 Å². The van der Waals surface area contributed by atoms with Crippen molar-refractivity contribution in [2.24, 2.45) is 0 Å². The molecular weight excluding hydrogens is 402 g/mol. The number of hydroxylamine groups is 1. The van der Waals surface area contributed by atoms with E-state index in [1.807, 2.05) is 36.4 Å². The molecule has 1 fully saturated rings. The number of hydrogen-bond donors (Lipinski definition) is 2. The second kappa shape index (κ2) is 7.45. The van der Waals surface area contributed by atoms with Crippen LogP contribution in [0.2, 0.25) is 5.02 Å². The molecule has 2 aromatic carbocycles. The molecule has 1 spiro atoms. The van der Waals surface area contributed by atoms with Gasteiger partial charge in [-0.15, -0.1) is 0 Å². The van der Waals surface area contributed by atoms with Crippen molar-refractivity contribution in [3.8, 4) is 16.9 Å². The molecule has 154 valence electrons. The third-order valence-corrected chi connectivity index (χ3v) is 6.70. The summed E-state index contributed by atoms with van der Waals surface area (Å²) in [7, 11) is 0. The van der Waals surface area contributed by atoms with Crippen LogP contribution in [0, 0.1) is 0 Å². The fraction of sp³-hybridized carbons (Fsp3) is 0.304. The van der Waals surface area contributed by atoms with Crippen LogP contribution in [0.25, 0.3) is 22.0 Å². The number of nitrogens with one attached hydrogen (secondary N) is 1. The van der Waals surface area contributed by atoms with Gasteiger partial charge in [-0.25, -0.2) is 10.3 Å². The van der Waals surface area contributed by atoms with E-state index in [-0.39, 0.29) is 5.60 Å². The molecule has 6 nitrogen and oxygen atoms in total. The van der Waals surface area contributed by atoms with Gasteiger partial charge in [0, 0.05) is 43.1 Å². The van der Waals surface area contributed by atoms with Crippen LogP contribution in [-0.2, 0) is 6.42 Å². The van der Waals surface area contributed by atoms with E-state index >= 15 is 0 Å². The standard InChI is InChI=1S/C23H22ClN3O3/c24-20-18(5-3-15-2-1-11-25-21(15)20)16-4-6-19-17(14-16)7-8-23(30-19)9-12-27(13-10-23)22(28)26-29/h1-6,11,14,29H,7-10,12-13H2,(H,26,28). The van der Waals surface area contributed by atoms with Crippen LogP contribution < -0.4 is 10.2 Å². The van der Waals surface area contributed by atoms with Crippen molar-refractivity contribution in [1.82, 2.24) is 15.4 Å². The molecule has 0 unspecified atom stereocenters. The highest BCUT2D eigenvalue weighted by Crippen LogP contribution is 2.42. The number of halogens is 1. The Labute approximate surface area is 179 Å². The Morgan fingerprint density at radius 3 is 2.80 bits per heavy atom. The molecule has 2 aliphatic rings. The van der Waals surface area contributed by atoms with E-state index in [0.29, 0.717) is 18.1 Å². The number of aromatic nitrogens is 1. The maximum absolute atomic E-state index is 11.6. The molecule has 30 heavy (non-hydrogen) atoms. The molecule has 1 saturated heterocycles. The highest BCUT2D eigenvalue weighted by molar-refractivity contribution is 6.37. The normalized spacial score (nSPS) is 17.5. The number of fused-ring (bicyclic) bond motifs is 2. The summed E-state index contributed by atoms with van der Waals surface area (Å²) in [6.45, 7) is 1.14. The average Bonchev–Trinajstić information content (AvgIpc) is 2.79. The zero-order chi connectivity index (χ0) is 20.7. The van der Waals surface area contributed by atoms with Gasteiger partial charge in [-0.05, 0) is 42.2 Å². The highest BCUT2D eigenvalue weighted by Gasteiger charge is 2.40. The molecule has 3 aromatic rings. The lowest BCUT2D eigenvalue weighted by molar-refractivity contribution is -0.00877. The van der Waals surface area contributed by atoms with Gasteiger partial charge >= 0.3 is 6.03 Å². The van der Waals surface area contributed by atoms with Crippen molar-refractivity contribution < 1.29 is 14.7 Å². The highest BCUT2D eigenvalue weighted by atomic mass is 35.5. The number of aryl methyl sites for hydroxylation is 1. The number of nitrogens with zero attached hydrogens (tertiary/aromatic N) is 2. The Morgan fingerprint density at radius 2 is 2.00 bits per heavy atom. The van der Waals surface area contributed by atoms with Crippen molar-refractivity contribution in [3.05, 3.63) is 59.2 Å². The third-order valence-electron chi connectivity index (χ3n) is 6.32. The van der Waals surface area contributed by atoms with E-state index in [4.69, 9.17) is 21.5 Å². The minimum atomic E-state index is -0.451. The van der Waals surface area contributed by atoms with Crippen LogP contribution in [0.15, 0.2) is 48.7 Å². The van der Waals surface area contributed by atoms with Crippen LogP contribution in [-0.4, -0.2) is 39.8 Å². The number of ether oxygens (including phenoxy) is 1. The van der Waals surface area contributed by atoms with Gasteiger partial charge in [0.1, 0.15) is 11.4 Å². The van der Waals surface area contributed by atoms with Gasteiger partial charge in [0.2, 0.25) is 0 Å². The first-order chi connectivity index (χ1) is 14.6. The number of urea groups is 1. The zero-order valence-electron chi connectivity index (χ0n) is 16.4. The topological polar surface area (TPSA) is 74.7 Å². The molecular formula is C23H22ClN3O3. The number of hydrogen-bond acceptors (Lipinski definition) is 4. The lowest BCUT2D eigenvalue weighted by atomic mass is 9.82. The molecule has 7 heteroatoms. The number of likely N-dealkylation sites (tertiary alicyclic amines) is 1. The van der Waals surface area contributed by atoms with Crippen molar-refractivity contribution in [1.29, 1.82) is 0 Å². The summed E-state index contributed by atoms with van der Waals surface area (Å²) in [5.41, 5.74) is 5.47. The molecule has 2 amide bonds. The first-order valence-electron chi connectivity index (χ1n) is 10.1. The number of carbonyl (C=O) groups is 1. The van der Waals surface area contributed by atoms with Crippen LogP contribution in [0.1, 0.15) is 24.8 Å². The number of carbonyl (C=O) groups excluding carboxylic acids is 1. The molecule has 0 bridgehead atoms. The fourth-order valence-corrected chi connectivity index (χ4v) is 4.89. The second-order valence-electron chi connectivity index (χ2n) is 8.01. The van der Waals surface area contributed by atoms with Crippen molar-refractivity contribution in [2.45, 2.75) is 31.3 Å². The minimum Gasteiger partial charge on any atom is -0.487 e. The van der Waals surface area contributed by atoms with E-state index in [2.05, 4.69) is 11.1 Å². The van der Waals surface area contributed by atoms with Gasteiger partial charge in [-0.3, -0.25) is 10.2 Å². The molecule has 0 atom stereocenters. The molecule has 2 N–H and O–H groups in total. The van der Waals surface area contributed by atoms with Gasteiger partial charge in [-0.1, -0.05) is 35.9 Å². The Morgan fingerprint density at radius 1 is 1.17 bits per heavy atom. The van der Waals surface area contributed by atoms with Crippen molar-refractivity contribution in [3.63, 3.8) is 0 Å². The Kier molecular flexibility index (Phi) is 4.76. The van der Waals surface area contributed by atoms with Gasteiger partial charge in [-0.2, -0.15) is 0 Å². The Hall–Kier alpha value is -2.83. The van der Waals surface area contributed by atoms with Crippen molar-refractivity contribution >= 4 is 28.5 Å². The largest absolute Gasteiger partial charge is 0.487 e. The van der Waals surface area contributed by atoms with E-state index in [1.165, 1.54) is 5.56 Å². The van der Waals surface area contributed by atoms with Gasteiger partial charge < -0.3 is 9.64 Å². The Balaban J connectivity index is 1.39. The number of benzene rings is 2. The summed E-state index contributed by atoms with van der Waals surface area (Å²) in [5.74, 6) is 0.903. The van der Waals surface area contributed by atoms with Crippen LogP contribution >= 0.6 is 11.6 Å². The van der Waals surface area contributed by atoms with Gasteiger partial charge in [0.05, 0.1) is 10.5 Å².